The van der Waals surface area contributed by atoms with Gasteiger partial charge in [0.05, 0.1) is 12.0 Å². The maximum absolute atomic E-state index is 11.3. The van der Waals surface area contributed by atoms with Crippen molar-refractivity contribution in [3.8, 4) is 11.1 Å². The van der Waals surface area contributed by atoms with Gasteiger partial charge in [0.2, 0.25) is 0 Å². The van der Waals surface area contributed by atoms with Crippen LogP contribution < -0.4 is 0 Å². The Morgan fingerprint density at radius 1 is 1.19 bits per heavy atom. The fourth-order valence-electron chi connectivity index (χ4n) is 2.09. The van der Waals surface area contributed by atoms with E-state index < -0.39 is 11.4 Å². The quantitative estimate of drug-likeness (QED) is 0.916. The lowest BCUT2D eigenvalue weighted by Gasteiger charge is -2.19. The molecule has 0 saturated carbocycles. The maximum Gasteiger partial charge on any atom is 0.313 e. The number of carboxylic acids is 1. The minimum atomic E-state index is -0.894. The molecule has 110 valence electrons. The van der Waals surface area contributed by atoms with Crippen molar-refractivity contribution in [2.24, 2.45) is 0 Å². The highest BCUT2D eigenvalue weighted by Crippen LogP contribution is 2.27. The van der Waals surface area contributed by atoms with Crippen LogP contribution in [0.15, 0.2) is 42.7 Å². The Kier molecular flexibility index (Phi) is 4.38. The van der Waals surface area contributed by atoms with Crippen molar-refractivity contribution in [2.75, 3.05) is 7.11 Å². The van der Waals surface area contributed by atoms with Crippen LogP contribution in [0.1, 0.15) is 25.0 Å². The second-order valence-corrected chi connectivity index (χ2v) is 5.52. The number of aliphatic carboxylic acids is 1. The molecule has 0 fully saturated rings. The molecule has 0 radical (unpaired) electrons. The normalized spacial score (nSPS) is 11.4. The van der Waals surface area contributed by atoms with Crippen LogP contribution in [0.25, 0.3) is 11.1 Å². The van der Waals surface area contributed by atoms with Crippen LogP contribution in [0.3, 0.4) is 0 Å². The smallest absolute Gasteiger partial charge is 0.313 e. The van der Waals surface area contributed by atoms with Gasteiger partial charge >= 0.3 is 5.97 Å². The second kappa shape index (κ2) is 6.06. The summed E-state index contributed by atoms with van der Waals surface area (Å²) >= 11 is 0. The van der Waals surface area contributed by atoms with Crippen LogP contribution in [-0.4, -0.2) is 23.2 Å². The molecule has 0 aliphatic rings. The van der Waals surface area contributed by atoms with Gasteiger partial charge in [-0.3, -0.25) is 9.78 Å². The molecule has 1 aromatic carbocycles. The van der Waals surface area contributed by atoms with Gasteiger partial charge in [0.1, 0.15) is 0 Å². The lowest BCUT2D eigenvalue weighted by molar-refractivity contribution is -0.142. The average Bonchev–Trinajstić information content (AvgIpc) is 2.48. The van der Waals surface area contributed by atoms with Crippen molar-refractivity contribution in [3.63, 3.8) is 0 Å². The van der Waals surface area contributed by atoms with Gasteiger partial charge in [-0.2, -0.15) is 0 Å². The molecule has 0 amide bonds. The lowest BCUT2D eigenvalue weighted by Crippen LogP contribution is -2.28. The molecule has 2 rings (SSSR count). The minimum absolute atomic E-state index is 0.519. The van der Waals surface area contributed by atoms with Gasteiger partial charge in [-0.25, -0.2) is 0 Å². The van der Waals surface area contributed by atoms with Gasteiger partial charge in [-0.15, -0.1) is 0 Å². The molecule has 0 unspecified atom stereocenters. The Balaban J connectivity index is 2.31. The molecule has 2 aromatic rings. The molecular formula is C17H19NO3. The number of pyridine rings is 1. The summed E-state index contributed by atoms with van der Waals surface area (Å²) in [5.74, 6) is -0.834. The highest BCUT2D eigenvalue weighted by Gasteiger charge is 2.29. The summed E-state index contributed by atoms with van der Waals surface area (Å²) in [5.41, 5.74) is 2.88. The van der Waals surface area contributed by atoms with Crippen LogP contribution in [0.2, 0.25) is 0 Å². The fraction of sp³-hybridized carbons (Fsp3) is 0.294. The summed E-state index contributed by atoms with van der Waals surface area (Å²) in [4.78, 5) is 15.5. The Bertz CT molecular complexity index is 633. The molecule has 21 heavy (non-hydrogen) atoms. The number of carboxylic acid groups (broad SMARTS) is 1. The SMILES string of the molecule is COCc1cncc(-c2ccc(C(C)(C)C(=O)O)cc2)c1. The van der Waals surface area contributed by atoms with Crippen LogP contribution in [0.4, 0.5) is 0 Å². The van der Waals surface area contributed by atoms with Gasteiger partial charge in [-0.1, -0.05) is 24.3 Å². The standard InChI is InChI=1S/C17H19NO3/c1-17(2,16(19)20)15-6-4-13(5-7-15)14-8-12(11-21-3)9-18-10-14/h4-10H,11H2,1-3H3,(H,19,20). The zero-order valence-corrected chi connectivity index (χ0v) is 12.5. The first-order valence-corrected chi connectivity index (χ1v) is 6.72. The number of nitrogens with zero attached hydrogens (tertiary/aromatic N) is 1. The minimum Gasteiger partial charge on any atom is -0.481 e. The van der Waals surface area contributed by atoms with Gasteiger partial charge in [0.25, 0.3) is 0 Å². The van der Waals surface area contributed by atoms with Crippen molar-refractivity contribution in [1.29, 1.82) is 0 Å². The predicted octanol–water partition coefficient (Wildman–Crippen LogP) is 3.26. The molecule has 4 nitrogen and oxygen atoms in total. The Hall–Kier alpha value is -2.20. The summed E-state index contributed by atoms with van der Waals surface area (Å²) in [7, 11) is 1.65. The van der Waals surface area contributed by atoms with Crippen LogP contribution in [-0.2, 0) is 21.6 Å². The molecule has 1 aromatic heterocycles. The largest absolute Gasteiger partial charge is 0.481 e. The molecule has 0 aliphatic heterocycles. The third kappa shape index (κ3) is 3.28. The first kappa shape index (κ1) is 15.2. The summed E-state index contributed by atoms with van der Waals surface area (Å²) in [6, 6.07) is 9.58. The number of carbonyl (C=O) groups is 1. The zero-order chi connectivity index (χ0) is 15.5. The van der Waals surface area contributed by atoms with Gasteiger partial charge in [0.15, 0.2) is 0 Å². The third-order valence-electron chi connectivity index (χ3n) is 3.58. The van der Waals surface area contributed by atoms with E-state index in [9.17, 15) is 9.90 Å². The highest BCUT2D eigenvalue weighted by atomic mass is 16.5. The van der Waals surface area contributed by atoms with E-state index in [-0.39, 0.29) is 0 Å². The molecule has 4 heteroatoms. The molecule has 0 saturated heterocycles. The van der Waals surface area contributed by atoms with E-state index in [4.69, 9.17) is 4.74 Å². The monoisotopic (exact) mass is 285 g/mol. The molecule has 0 bridgehead atoms. The number of hydrogen-bond donors (Lipinski definition) is 1. The number of rotatable bonds is 5. The van der Waals surface area contributed by atoms with Crippen molar-refractivity contribution < 1.29 is 14.6 Å². The Morgan fingerprint density at radius 3 is 2.43 bits per heavy atom. The number of benzene rings is 1. The molecule has 1 N–H and O–H groups in total. The van der Waals surface area contributed by atoms with Crippen molar-refractivity contribution in [3.05, 3.63) is 53.9 Å². The van der Waals surface area contributed by atoms with E-state index in [1.807, 2.05) is 30.3 Å². The van der Waals surface area contributed by atoms with E-state index in [0.717, 1.165) is 22.3 Å². The summed E-state index contributed by atoms with van der Waals surface area (Å²) in [6.45, 7) is 3.92. The summed E-state index contributed by atoms with van der Waals surface area (Å²) < 4.78 is 5.10. The van der Waals surface area contributed by atoms with Gasteiger partial charge < -0.3 is 9.84 Å². The lowest BCUT2D eigenvalue weighted by atomic mass is 9.84. The number of methoxy groups -OCH3 is 1. The van der Waals surface area contributed by atoms with Gasteiger partial charge in [0, 0.05) is 25.1 Å². The topological polar surface area (TPSA) is 59.4 Å². The summed E-state index contributed by atoms with van der Waals surface area (Å²) in [5, 5.41) is 9.25. The number of hydrogen-bond acceptors (Lipinski definition) is 3. The first-order valence-electron chi connectivity index (χ1n) is 6.72. The predicted molar refractivity (Wildman–Crippen MR) is 81.0 cm³/mol. The number of ether oxygens (including phenoxy) is 1. The van der Waals surface area contributed by atoms with E-state index in [2.05, 4.69) is 4.98 Å². The molecule has 0 spiro atoms. The first-order chi connectivity index (χ1) is 9.95. The molecule has 1 heterocycles. The van der Waals surface area contributed by atoms with Crippen molar-refractivity contribution >= 4 is 5.97 Å². The van der Waals surface area contributed by atoms with Gasteiger partial charge in [-0.05, 0) is 36.6 Å². The van der Waals surface area contributed by atoms with E-state index in [1.54, 1.807) is 33.4 Å². The van der Waals surface area contributed by atoms with E-state index >= 15 is 0 Å². The second-order valence-electron chi connectivity index (χ2n) is 5.52. The van der Waals surface area contributed by atoms with Crippen molar-refractivity contribution in [1.82, 2.24) is 4.98 Å². The third-order valence-corrected chi connectivity index (χ3v) is 3.58. The summed E-state index contributed by atoms with van der Waals surface area (Å²) in [6.07, 6.45) is 3.56. The van der Waals surface area contributed by atoms with Crippen LogP contribution >= 0.6 is 0 Å². The van der Waals surface area contributed by atoms with Crippen LogP contribution in [0.5, 0.6) is 0 Å². The van der Waals surface area contributed by atoms with E-state index in [0.29, 0.717) is 6.61 Å². The average molecular weight is 285 g/mol. The molecule has 0 aliphatic carbocycles. The maximum atomic E-state index is 11.3. The number of aromatic nitrogens is 1. The Labute approximate surface area is 124 Å². The Morgan fingerprint density at radius 2 is 1.86 bits per heavy atom. The molecular weight excluding hydrogens is 266 g/mol. The fourth-order valence-corrected chi connectivity index (χ4v) is 2.09. The van der Waals surface area contributed by atoms with Crippen LogP contribution in [0, 0.1) is 0 Å². The zero-order valence-electron chi connectivity index (χ0n) is 12.5. The van der Waals surface area contributed by atoms with E-state index in [1.165, 1.54) is 0 Å². The highest BCUT2D eigenvalue weighted by molar-refractivity contribution is 5.80. The van der Waals surface area contributed by atoms with Crippen molar-refractivity contribution in [2.45, 2.75) is 25.9 Å². The molecule has 0 atom stereocenters.